The van der Waals surface area contributed by atoms with Gasteiger partial charge in [0.15, 0.2) is 5.69 Å². The second kappa shape index (κ2) is 8.73. The summed E-state index contributed by atoms with van der Waals surface area (Å²) in [6.45, 7) is 1.31. The number of aromatic nitrogens is 2. The maximum absolute atomic E-state index is 13.1. The first-order chi connectivity index (χ1) is 15.1. The van der Waals surface area contributed by atoms with Crippen LogP contribution in [0, 0.1) is 18.3 Å². The van der Waals surface area contributed by atoms with Gasteiger partial charge >= 0.3 is 6.18 Å². The monoisotopic (exact) mass is 441 g/mol. The van der Waals surface area contributed by atoms with Crippen LogP contribution in [0.3, 0.4) is 0 Å². The molecule has 8 nitrogen and oxygen atoms in total. The third-order valence-electron chi connectivity index (χ3n) is 4.39. The Hall–Kier alpha value is -4.46. The zero-order valence-electron chi connectivity index (χ0n) is 16.4. The summed E-state index contributed by atoms with van der Waals surface area (Å²) in [4.78, 5) is 25.2. The van der Waals surface area contributed by atoms with Crippen LogP contribution in [-0.4, -0.2) is 27.0 Å². The van der Waals surface area contributed by atoms with Gasteiger partial charge in [-0.2, -0.15) is 33.3 Å². The van der Waals surface area contributed by atoms with E-state index in [0.29, 0.717) is 16.3 Å². The van der Waals surface area contributed by atoms with Gasteiger partial charge in [0.1, 0.15) is 17.4 Å². The first-order valence-corrected chi connectivity index (χ1v) is 8.96. The molecule has 1 aromatic heterocycles. The number of phenolic OH excluding ortho intramolecular Hbond substituents is 1. The van der Waals surface area contributed by atoms with Crippen molar-refractivity contribution >= 4 is 12.1 Å². The van der Waals surface area contributed by atoms with Gasteiger partial charge in [0, 0.05) is 11.1 Å². The predicted octanol–water partition coefficient (Wildman–Crippen LogP) is 2.90. The Kier molecular flexibility index (Phi) is 6.06. The van der Waals surface area contributed by atoms with Crippen LogP contribution in [0.2, 0.25) is 0 Å². The molecule has 0 saturated heterocycles. The minimum Gasteiger partial charge on any atom is -0.507 e. The first-order valence-electron chi connectivity index (χ1n) is 8.96. The number of hydrazone groups is 1. The largest absolute Gasteiger partial charge is 0.507 e. The van der Waals surface area contributed by atoms with E-state index >= 15 is 0 Å². The highest BCUT2D eigenvalue weighted by molar-refractivity contribution is 5.95. The number of halogens is 3. The summed E-state index contributed by atoms with van der Waals surface area (Å²) in [7, 11) is 0. The van der Waals surface area contributed by atoms with Crippen LogP contribution in [0.15, 0.2) is 58.4 Å². The number of aromatic hydroxyl groups is 1. The maximum Gasteiger partial charge on any atom is 0.416 e. The molecule has 3 aromatic rings. The smallest absolute Gasteiger partial charge is 0.416 e. The molecular formula is C21H14F3N5O3. The van der Waals surface area contributed by atoms with Gasteiger partial charge in [-0.3, -0.25) is 9.59 Å². The van der Waals surface area contributed by atoms with Crippen LogP contribution in [0.4, 0.5) is 13.2 Å². The Morgan fingerprint density at radius 1 is 1.25 bits per heavy atom. The van der Waals surface area contributed by atoms with Crippen molar-refractivity contribution in [3.8, 4) is 17.5 Å². The molecule has 0 saturated carbocycles. The number of nitrogens with one attached hydrogen (secondary N) is 1. The molecule has 11 heteroatoms. The predicted molar refractivity (Wildman–Crippen MR) is 107 cm³/mol. The lowest BCUT2D eigenvalue weighted by molar-refractivity contribution is -0.137. The highest BCUT2D eigenvalue weighted by atomic mass is 19.4. The number of nitrogens with zero attached hydrogens (tertiary/aromatic N) is 4. The topological polar surface area (TPSA) is 120 Å². The van der Waals surface area contributed by atoms with E-state index in [1.807, 2.05) is 0 Å². The van der Waals surface area contributed by atoms with Gasteiger partial charge in [0.2, 0.25) is 0 Å². The van der Waals surface area contributed by atoms with Gasteiger partial charge in [0.25, 0.3) is 11.5 Å². The van der Waals surface area contributed by atoms with Crippen molar-refractivity contribution in [3.63, 3.8) is 0 Å². The summed E-state index contributed by atoms with van der Waals surface area (Å²) in [6.07, 6.45) is -3.50. The summed E-state index contributed by atoms with van der Waals surface area (Å²) < 4.78 is 39.7. The average Bonchev–Trinajstić information content (AvgIpc) is 2.75. The fourth-order valence-electron chi connectivity index (χ4n) is 2.75. The Morgan fingerprint density at radius 2 is 1.97 bits per heavy atom. The number of rotatable bonds is 4. The van der Waals surface area contributed by atoms with Crippen molar-refractivity contribution in [2.24, 2.45) is 5.10 Å². The standard InChI is InChI=1S/C21H14F3N5O3/c1-12-16(10-25)20(32)29(15-7-4-6-14(9-15)21(22,23)24)28-18(12)19(31)27-26-11-13-5-2-3-8-17(13)30/h2-9,11,30H,1H3,(H,27,31)/b26-11+. The Labute approximate surface area is 178 Å². The van der Waals surface area contributed by atoms with Crippen LogP contribution in [-0.2, 0) is 6.18 Å². The van der Waals surface area contributed by atoms with Crippen LogP contribution >= 0.6 is 0 Å². The normalized spacial score (nSPS) is 11.3. The highest BCUT2D eigenvalue weighted by Crippen LogP contribution is 2.30. The molecule has 1 amide bonds. The molecule has 0 bridgehead atoms. The van der Waals surface area contributed by atoms with E-state index in [4.69, 9.17) is 0 Å². The summed E-state index contributed by atoms with van der Waals surface area (Å²) in [5.41, 5.74) is -0.701. The number of carbonyl (C=O) groups excluding carboxylic acids is 1. The minimum absolute atomic E-state index is 0.0593. The van der Waals surface area contributed by atoms with Gasteiger partial charge in [0.05, 0.1) is 17.5 Å². The van der Waals surface area contributed by atoms with Gasteiger partial charge in [-0.05, 0) is 37.3 Å². The van der Waals surface area contributed by atoms with E-state index in [0.717, 1.165) is 18.3 Å². The summed E-state index contributed by atoms with van der Waals surface area (Å²) in [5.74, 6) is -0.990. The van der Waals surface area contributed by atoms with Crippen molar-refractivity contribution < 1.29 is 23.1 Å². The Morgan fingerprint density at radius 3 is 2.62 bits per heavy atom. The van der Waals surface area contributed by atoms with Crippen LogP contribution in [0.25, 0.3) is 5.69 Å². The second-order valence-corrected chi connectivity index (χ2v) is 6.48. The first kappa shape index (κ1) is 22.2. The molecule has 0 aliphatic rings. The number of carbonyl (C=O) groups is 1. The number of benzene rings is 2. The van der Waals surface area contributed by atoms with E-state index in [1.165, 1.54) is 25.1 Å². The Balaban J connectivity index is 2.03. The molecule has 3 rings (SSSR count). The molecule has 2 aromatic carbocycles. The fraction of sp³-hybridized carbons (Fsp3) is 0.0952. The highest BCUT2D eigenvalue weighted by Gasteiger charge is 2.31. The molecule has 0 radical (unpaired) electrons. The fourth-order valence-corrected chi connectivity index (χ4v) is 2.75. The molecular weight excluding hydrogens is 427 g/mol. The minimum atomic E-state index is -4.67. The third kappa shape index (κ3) is 4.49. The van der Waals surface area contributed by atoms with E-state index in [-0.39, 0.29) is 22.7 Å². The summed E-state index contributed by atoms with van der Waals surface area (Å²) in [6, 6.07) is 11.6. The lowest BCUT2D eigenvalue weighted by Gasteiger charge is -2.12. The molecule has 0 unspecified atom stereocenters. The molecule has 0 aliphatic heterocycles. The van der Waals surface area contributed by atoms with Crippen molar-refractivity contribution in [3.05, 3.63) is 86.8 Å². The lowest BCUT2D eigenvalue weighted by atomic mass is 10.1. The summed E-state index contributed by atoms with van der Waals surface area (Å²) in [5, 5.41) is 26.6. The number of para-hydroxylation sites is 1. The number of amides is 1. The zero-order chi connectivity index (χ0) is 23.5. The molecule has 1 heterocycles. The molecule has 32 heavy (non-hydrogen) atoms. The van der Waals surface area contributed by atoms with Crippen LogP contribution < -0.4 is 11.0 Å². The van der Waals surface area contributed by atoms with Crippen molar-refractivity contribution in [1.29, 1.82) is 5.26 Å². The molecule has 2 N–H and O–H groups in total. The van der Waals surface area contributed by atoms with E-state index < -0.39 is 28.8 Å². The average molecular weight is 441 g/mol. The second-order valence-electron chi connectivity index (χ2n) is 6.48. The summed E-state index contributed by atoms with van der Waals surface area (Å²) >= 11 is 0. The molecule has 0 aliphatic carbocycles. The van der Waals surface area contributed by atoms with Crippen molar-refractivity contribution in [2.45, 2.75) is 13.1 Å². The van der Waals surface area contributed by atoms with E-state index in [2.05, 4.69) is 15.6 Å². The van der Waals surface area contributed by atoms with E-state index in [9.17, 15) is 33.1 Å². The van der Waals surface area contributed by atoms with Gasteiger partial charge < -0.3 is 5.11 Å². The molecule has 162 valence electrons. The molecule has 0 spiro atoms. The molecule has 0 atom stereocenters. The van der Waals surface area contributed by atoms with Crippen LogP contribution in [0.1, 0.15) is 32.7 Å². The lowest BCUT2D eigenvalue weighted by Crippen LogP contribution is -2.31. The quantitative estimate of drug-likeness (QED) is 0.477. The number of phenols is 1. The van der Waals surface area contributed by atoms with Crippen molar-refractivity contribution in [1.82, 2.24) is 15.2 Å². The maximum atomic E-state index is 13.1. The third-order valence-corrected chi connectivity index (χ3v) is 4.39. The van der Waals surface area contributed by atoms with Crippen molar-refractivity contribution in [2.75, 3.05) is 0 Å². The van der Waals surface area contributed by atoms with E-state index in [1.54, 1.807) is 18.2 Å². The molecule has 0 fully saturated rings. The van der Waals surface area contributed by atoms with Gasteiger partial charge in [-0.25, -0.2) is 5.43 Å². The number of hydrogen-bond donors (Lipinski definition) is 2. The van der Waals surface area contributed by atoms with Gasteiger partial charge in [-0.1, -0.05) is 18.2 Å². The van der Waals surface area contributed by atoms with Gasteiger partial charge in [-0.15, -0.1) is 0 Å². The Bertz CT molecular complexity index is 1320. The zero-order valence-corrected chi connectivity index (χ0v) is 16.4. The number of nitriles is 1. The van der Waals surface area contributed by atoms with Crippen LogP contribution in [0.5, 0.6) is 5.75 Å². The SMILES string of the molecule is Cc1c(C(=O)N/N=C/c2ccccc2O)nn(-c2cccc(C(F)(F)F)c2)c(=O)c1C#N. The number of hydrogen-bond acceptors (Lipinski definition) is 6. The number of alkyl halides is 3.